The number of nitriles is 1. The van der Waals surface area contributed by atoms with Crippen LogP contribution in [0, 0.1) is 11.3 Å². The minimum absolute atomic E-state index is 0.0473. The van der Waals surface area contributed by atoms with Gasteiger partial charge in [0.05, 0.1) is 23.4 Å². The van der Waals surface area contributed by atoms with Crippen LogP contribution in [-0.4, -0.2) is 24.9 Å². The van der Waals surface area contributed by atoms with E-state index >= 15 is 0 Å². The fourth-order valence-corrected chi connectivity index (χ4v) is 5.32. The van der Waals surface area contributed by atoms with Crippen molar-refractivity contribution in [1.29, 1.82) is 5.26 Å². The lowest BCUT2D eigenvalue weighted by molar-refractivity contribution is 0.249. The van der Waals surface area contributed by atoms with Crippen molar-refractivity contribution >= 4 is 34.9 Å². The summed E-state index contributed by atoms with van der Waals surface area (Å²) in [6, 6.07) is 23.8. The molecule has 0 bridgehead atoms. The maximum atomic E-state index is 12.6. The van der Waals surface area contributed by atoms with Gasteiger partial charge >= 0.3 is 6.03 Å². The third-order valence-corrected chi connectivity index (χ3v) is 6.84. The number of fused-ring (bicyclic) bond motifs is 2. The molecule has 1 atom stereocenters. The molecule has 3 aromatic rings. The zero-order chi connectivity index (χ0) is 21.9. The molecule has 2 aliphatic heterocycles. The molecule has 160 valence electrons. The average molecular weight is 442 g/mol. The highest BCUT2D eigenvalue weighted by Gasteiger charge is 2.24. The van der Waals surface area contributed by atoms with Gasteiger partial charge in [0.15, 0.2) is 0 Å². The maximum absolute atomic E-state index is 12.6. The first-order valence-electron chi connectivity index (χ1n) is 10.6. The first kappa shape index (κ1) is 20.3. The van der Waals surface area contributed by atoms with Gasteiger partial charge in [-0.25, -0.2) is 4.79 Å². The van der Waals surface area contributed by atoms with E-state index in [9.17, 15) is 10.1 Å². The van der Waals surface area contributed by atoms with E-state index in [0.717, 1.165) is 45.4 Å². The molecule has 5 rings (SSSR count). The van der Waals surface area contributed by atoms with Crippen molar-refractivity contribution in [3.05, 3.63) is 83.4 Å². The number of nitrogens with one attached hydrogen (secondary N) is 3. The van der Waals surface area contributed by atoms with Gasteiger partial charge in [-0.1, -0.05) is 36.4 Å². The van der Waals surface area contributed by atoms with E-state index < -0.39 is 0 Å². The molecule has 3 aromatic carbocycles. The Balaban J connectivity index is 1.28. The first-order valence-corrected chi connectivity index (χ1v) is 11.6. The van der Waals surface area contributed by atoms with Gasteiger partial charge in [0.25, 0.3) is 0 Å². The Labute approximate surface area is 191 Å². The Morgan fingerprint density at radius 2 is 2.00 bits per heavy atom. The van der Waals surface area contributed by atoms with E-state index in [0.29, 0.717) is 18.7 Å². The number of urea groups is 1. The quantitative estimate of drug-likeness (QED) is 0.533. The van der Waals surface area contributed by atoms with Crippen LogP contribution in [0.3, 0.4) is 0 Å². The van der Waals surface area contributed by atoms with Gasteiger partial charge in [-0.2, -0.15) is 5.26 Å². The molecule has 2 heterocycles. The van der Waals surface area contributed by atoms with Crippen molar-refractivity contribution in [2.45, 2.75) is 17.5 Å². The van der Waals surface area contributed by atoms with Crippen LogP contribution in [0.15, 0.2) is 71.6 Å². The number of rotatable bonds is 4. The molecule has 32 heavy (non-hydrogen) atoms. The van der Waals surface area contributed by atoms with Crippen molar-refractivity contribution in [1.82, 2.24) is 5.32 Å². The van der Waals surface area contributed by atoms with Gasteiger partial charge in [0, 0.05) is 41.7 Å². The van der Waals surface area contributed by atoms with Crippen LogP contribution < -0.4 is 20.9 Å². The van der Waals surface area contributed by atoms with Crippen LogP contribution in [0.5, 0.6) is 0 Å². The van der Waals surface area contributed by atoms with Gasteiger partial charge in [-0.3, -0.25) is 0 Å². The fraction of sp³-hybridized carbons (Fsp3) is 0.200. The molecule has 0 saturated carbocycles. The zero-order valence-electron chi connectivity index (χ0n) is 17.5. The van der Waals surface area contributed by atoms with Crippen LogP contribution in [0.25, 0.3) is 0 Å². The predicted molar refractivity (Wildman–Crippen MR) is 129 cm³/mol. The molecule has 0 saturated heterocycles. The molecular formula is C25H23N5OS. The van der Waals surface area contributed by atoms with Crippen molar-refractivity contribution in [3.8, 4) is 6.07 Å². The van der Waals surface area contributed by atoms with E-state index in [1.807, 2.05) is 60.7 Å². The summed E-state index contributed by atoms with van der Waals surface area (Å²) in [4.78, 5) is 16.1. The van der Waals surface area contributed by atoms with E-state index in [2.05, 4.69) is 33.0 Å². The molecule has 0 aliphatic carbocycles. The number of amides is 2. The van der Waals surface area contributed by atoms with Gasteiger partial charge in [-0.15, -0.1) is 11.8 Å². The number of para-hydroxylation sites is 1. The summed E-state index contributed by atoms with van der Waals surface area (Å²) in [6.45, 7) is 2.30. The number of benzene rings is 3. The number of carbonyl (C=O) groups is 1. The monoisotopic (exact) mass is 441 g/mol. The lowest BCUT2D eigenvalue weighted by Crippen LogP contribution is -2.33. The fourth-order valence-electron chi connectivity index (χ4n) is 4.23. The molecule has 7 heteroatoms. The van der Waals surface area contributed by atoms with E-state index in [4.69, 9.17) is 0 Å². The highest BCUT2D eigenvalue weighted by Crippen LogP contribution is 2.37. The molecule has 2 amide bonds. The second-order valence-corrected chi connectivity index (χ2v) is 8.98. The minimum atomic E-state index is -0.214. The second-order valence-electron chi connectivity index (χ2n) is 7.84. The van der Waals surface area contributed by atoms with E-state index in [-0.39, 0.29) is 12.1 Å². The van der Waals surface area contributed by atoms with Gasteiger partial charge in [0.2, 0.25) is 0 Å². The molecule has 0 spiro atoms. The molecule has 3 N–H and O–H groups in total. The Kier molecular flexibility index (Phi) is 5.61. The van der Waals surface area contributed by atoms with E-state index in [1.54, 1.807) is 11.8 Å². The number of carbonyl (C=O) groups excluding carboxylic acids is 1. The predicted octanol–water partition coefficient (Wildman–Crippen LogP) is 4.96. The summed E-state index contributed by atoms with van der Waals surface area (Å²) in [5, 5.41) is 18.8. The summed E-state index contributed by atoms with van der Waals surface area (Å²) in [7, 11) is 0. The molecule has 0 fully saturated rings. The number of nitrogens with zero attached hydrogens (tertiary/aromatic N) is 2. The SMILES string of the molecule is N#Cc1ccccc1CN1CCSc2cc(NC(=O)NC3CNc4ccccc43)ccc21. The standard InChI is InChI=1S/C25H23N5OS/c26-14-17-5-1-2-6-18(17)16-30-11-12-32-24-13-19(9-10-23(24)30)28-25(31)29-22-15-27-21-8-4-3-7-20(21)22/h1-10,13,22,27H,11-12,15-16H2,(H2,28,29,31). The summed E-state index contributed by atoms with van der Waals surface area (Å²) < 4.78 is 0. The normalized spacial score (nSPS) is 16.3. The zero-order valence-corrected chi connectivity index (χ0v) is 18.3. The van der Waals surface area contributed by atoms with Crippen LogP contribution in [0.4, 0.5) is 21.9 Å². The highest BCUT2D eigenvalue weighted by atomic mass is 32.2. The largest absolute Gasteiger partial charge is 0.382 e. The topological polar surface area (TPSA) is 80.2 Å². The van der Waals surface area contributed by atoms with Crippen LogP contribution in [0.1, 0.15) is 22.7 Å². The molecule has 1 unspecified atom stereocenters. The summed E-state index contributed by atoms with van der Waals surface area (Å²) in [5.41, 5.74) is 5.82. The Morgan fingerprint density at radius 3 is 2.91 bits per heavy atom. The smallest absolute Gasteiger partial charge is 0.319 e. The van der Waals surface area contributed by atoms with Crippen LogP contribution in [0.2, 0.25) is 0 Å². The summed E-state index contributed by atoms with van der Waals surface area (Å²) >= 11 is 1.79. The molecule has 0 radical (unpaired) electrons. The second kappa shape index (κ2) is 8.85. The molecule has 2 aliphatic rings. The number of hydrogen-bond acceptors (Lipinski definition) is 5. The molecule has 6 nitrogen and oxygen atoms in total. The van der Waals surface area contributed by atoms with Crippen molar-refractivity contribution < 1.29 is 4.79 Å². The third kappa shape index (κ3) is 4.10. The first-order chi connectivity index (χ1) is 15.7. The van der Waals surface area contributed by atoms with Crippen molar-refractivity contribution in [2.75, 3.05) is 34.4 Å². The average Bonchev–Trinajstić information content (AvgIpc) is 3.22. The van der Waals surface area contributed by atoms with Crippen LogP contribution >= 0.6 is 11.8 Å². The number of thioether (sulfide) groups is 1. The lowest BCUT2D eigenvalue weighted by Gasteiger charge is -2.31. The summed E-state index contributed by atoms with van der Waals surface area (Å²) in [6.07, 6.45) is 0. The Morgan fingerprint density at radius 1 is 1.16 bits per heavy atom. The Hall–Kier alpha value is -3.63. The summed E-state index contributed by atoms with van der Waals surface area (Å²) in [5.74, 6) is 0.960. The Bertz CT molecular complexity index is 1200. The maximum Gasteiger partial charge on any atom is 0.319 e. The van der Waals surface area contributed by atoms with Crippen LogP contribution in [-0.2, 0) is 6.54 Å². The lowest BCUT2D eigenvalue weighted by atomic mass is 10.1. The van der Waals surface area contributed by atoms with Crippen molar-refractivity contribution in [2.24, 2.45) is 0 Å². The highest BCUT2D eigenvalue weighted by molar-refractivity contribution is 7.99. The third-order valence-electron chi connectivity index (χ3n) is 5.81. The van der Waals surface area contributed by atoms with E-state index in [1.165, 1.54) is 0 Å². The molecule has 0 aromatic heterocycles. The molecular weight excluding hydrogens is 418 g/mol. The van der Waals surface area contributed by atoms with Gasteiger partial charge in [0.1, 0.15) is 0 Å². The number of anilines is 3. The van der Waals surface area contributed by atoms with Crippen molar-refractivity contribution in [3.63, 3.8) is 0 Å². The number of hydrogen-bond donors (Lipinski definition) is 3. The minimum Gasteiger partial charge on any atom is -0.382 e. The van der Waals surface area contributed by atoms with Gasteiger partial charge in [-0.05, 0) is 41.5 Å². The van der Waals surface area contributed by atoms with Gasteiger partial charge < -0.3 is 20.9 Å².